The predicted octanol–water partition coefficient (Wildman–Crippen LogP) is 2.18. The van der Waals surface area contributed by atoms with Crippen molar-refractivity contribution in [3.8, 4) is 0 Å². The molecule has 6 heteroatoms. The van der Waals surface area contributed by atoms with Gasteiger partial charge in [-0.1, -0.05) is 0 Å². The molecule has 0 amide bonds. The van der Waals surface area contributed by atoms with Crippen molar-refractivity contribution in [2.75, 3.05) is 23.7 Å². The monoisotopic (exact) mass is 280 g/mol. The van der Waals surface area contributed by atoms with Crippen LogP contribution in [-0.4, -0.2) is 33.8 Å². The van der Waals surface area contributed by atoms with Crippen LogP contribution in [0, 0.1) is 6.92 Å². The summed E-state index contributed by atoms with van der Waals surface area (Å²) in [7, 11) is 0. The maximum Gasteiger partial charge on any atom is 0.223 e. The fourth-order valence-corrected chi connectivity index (χ4v) is 2.97. The smallest absolute Gasteiger partial charge is 0.223 e. The normalized spacial score (nSPS) is 12.1. The first-order valence-corrected chi connectivity index (χ1v) is 7.13. The maximum absolute atomic E-state index is 10.0. The van der Waals surface area contributed by atoms with Crippen LogP contribution < -0.4 is 10.6 Å². The van der Waals surface area contributed by atoms with Crippen molar-refractivity contribution >= 4 is 33.3 Å². The van der Waals surface area contributed by atoms with Gasteiger partial charge in [-0.15, -0.1) is 11.3 Å². The molecular formula is C13H20N4OS. The lowest BCUT2D eigenvalue weighted by Crippen LogP contribution is -2.39. The number of nitrogen functional groups attached to an aromatic ring is 1. The number of thiophene rings is 1. The fraction of sp³-hybridized carbons (Fsp3) is 0.538. The highest BCUT2D eigenvalue weighted by Crippen LogP contribution is 2.31. The molecule has 0 radical (unpaired) electrons. The number of nitrogens with zero attached hydrogens (tertiary/aromatic N) is 3. The third-order valence-corrected chi connectivity index (χ3v) is 3.72. The second kappa shape index (κ2) is 4.94. The maximum atomic E-state index is 10.0. The first kappa shape index (κ1) is 14.0. The third-order valence-electron chi connectivity index (χ3n) is 2.77. The Balaban J connectivity index is 2.52. The molecule has 0 spiro atoms. The van der Waals surface area contributed by atoms with E-state index in [2.05, 4.69) is 16.0 Å². The van der Waals surface area contributed by atoms with E-state index >= 15 is 0 Å². The van der Waals surface area contributed by atoms with Crippen LogP contribution in [0.2, 0.25) is 0 Å². The van der Waals surface area contributed by atoms with Crippen molar-refractivity contribution in [1.29, 1.82) is 0 Å². The lowest BCUT2D eigenvalue weighted by Gasteiger charge is -2.29. The molecule has 104 valence electrons. The van der Waals surface area contributed by atoms with E-state index in [0.717, 1.165) is 22.6 Å². The molecule has 0 saturated carbocycles. The Morgan fingerprint density at radius 2 is 2.11 bits per heavy atom. The molecule has 2 heterocycles. The Kier molecular flexibility index (Phi) is 3.64. The minimum absolute atomic E-state index is 0.276. The summed E-state index contributed by atoms with van der Waals surface area (Å²) < 4.78 is 0. The van der Waals surface area contributed by atoms with Gasteiger partial charge in [0, 0.05) is 18.0 Å². The van der Waals surface area contributed by atoms with Crippen LogP contribution in [0.5, 0.6) is 0 Å². The zero-order chi connectivity index (χ0) is 14.2. The van der Waals surface area contributed by atoms with Gasteiger partial charge in [0.1, 0.15) is 10.6 Å². The van der Waals surface area contributed by atoms with Gasteiger partial charge in [-0.2, -0.15) is 4.98 Å². The van der Waals surface area contributed by atoms with Gasteiger partial charge < -0.3 is 15.7 Å². The third kappa shape index (κ3) is 3.13. The van der Waals surface area contributed by atoms with Gasteiger partial charge in [-0.25, -0.2) is 4.98 Å². The van der Waals surface area contributed by atoms with E-state index < -0.39 is 5.60 Å². The number of hydrogen-bond acceptors (Lipinski definition) is 6. The van der Waals surface area contributed by atoms with Gasteiger partial charge in [0.05, 0.1) is 11.0 Å². The average Bonchev–Trinajstić information content (AvgIpc) is 2.63. The number of anilines is 2. The Morgan fingerprint density at radius 1 is 1.42 bits per heavy atom. The molecule has 0 aliphatic rings. The molecule has 19 heavy (non-hydrogen) atoms. The van der Waals surface area contributed by atoms with Crippen LogP contribution in [0.1, 0.15) is 25.6 Å². The summed E-state index contributed by atoms with van der Waals surface area (Å²) in [5.41, 5.74) is 5.00. The summed E-state index contributed by atoms with van der Waals surface area (Å²) in [5, 5.41) is 11.0. The molecule has 2 rings (SSSR count). The minimum atomic E-state index is -0.785. The number of aliphatic hydroxyl groups is 1. The fourth-order valence-electron chi connectivity index (χ4n) is 2.09. The minimum Gasteiger partial charge on any atom is -0.389 e. The quantitative estimate of drug-likeness (QED) is 0.898. The summed E-state index contributed by atoms with van der Waals surface area (Å²) in [6.45, 7) is 8.91. The zero-order valence-electron chi connectivity index (χ0n) is 11.8. The highest BCUT2D eigenvalue weighted by molar-refractivity contribution is 7.18. The highest BCUT2D eigenvalue weighted by atomic mass is 32.1. The van der Waals surface area contributed by atoms with Gasteiger partial charge in [0.15, 0.2) is 0 Å². The standard InChI is InChI=1S/C13H20N4OS/c1-5-17(7-13(3,4)18)10-9-6-8(2)19-11(9)16-12(14)15-10/h6,18H,5,7H2,1-4H3,(H2,14,15,16). The summed E-state index contributed by atoms with van der Waals surface area (Å²) in [6, 6.07) is 2.07. The number of aryl methyl sites for hydroxylation is 1. The number of likely N-dealkylation sites (N-methyl/N-ethyl adjacent to an activating group) is 1. The number of rotatable bonds is 4. The summed E-state index contributed by atoms with van der Waals surface area (Å²) >= 11 is 1.61. The van der Waals surface area contributed by atoms with E-state index in [4.69, 9.17) is 5.73 Å². The highest BCUT2D eigenvalue weighted by Gasteiger charge is 2.21. The lowest BCUT2D eigenvalue weighted by atomic mass is 10.1. The largest absolute Gasteiger partial charge is 0.389 e. The van der Waals surface area contributed by atoms with Crippen LogP contribution in [0.3, 0.4) is 0 Å². The van der Waals surface area contributed by atoms with E-state index in [-0.39, 0.29) is 5.95 Å². The van der Waals surface area contributed by atoms with Crippen molar-refractivity contribution in [3.05, 3.63) is 10.9 Å². The first-order valence-electron chi connectivity index (χ1n) is 6.31. The Labute approximate surface area is 117 Å². The molecule has 0 bridgehead atoms. The molecule has 0 unspecified atom stereocenters. The predicted molar refractivity (Wildman–Crippen MR) is 80.7 cm³/mol. The van der Waals surface area contributed by atoms with E-state index in [1.807, 2.05) is 18.7 Å². The van der Waals surface area contributed by atoms with Crippen molar-refractivity contribution < 1.29 is 5.11 Å². The summed E-state index contributed by atoms with van der Waals surface area (Å²) in [5.74, 6) is 1.08. The van der Waals surface area contributed by atoms with Crippen LogP contribution >= 0.6 is 11.3 Å². The molecule has 2 aromatic rings. The van der Waals surface area contributed by atoms with Crippen molar-refractivity contribution in [2.45, 2.75) is 33.3 Å². The van der Waals surface area contributed by atoms with Gasteiger partial charge in [-0.3, -0.25) is 0 Å². The molecule has 0 aliphatic heterocycles. The molecule has 0 saturated heterocycles. The SMILES string of the molecule is CCN(CC(C)(C)O)c1nc(N)nc2sc(C)cc12. The zero-order valence-corrected chi connectivity index (χ0v) is 12.6. The van der Waals surface area contributed by atoms with Gasteiger partial charge in [0.25, 0.3) is 0 Å². The topological polar surface area (TPSA) is 75.3 Å². The Bertz CT molecular complexity index is 588. The van der Waals surface area contributed by atoms with E-state index in [1.165, 1.54) is 4.88 Å². The van der Waals surface area contributed by atoms with E-state index in [1.54, 1.807) is 25.2 Å². The van der Waals surface area contributed by atoms with Gasteiger partial charge >= 0.3 is 0 Å². The van der Waals surface area contributed by atoms with Gasteiger partial charge in [0.2, 0.25) is 5.95 Å². The lowest BCUT2D eigenvalue weighted by molar-refractivity contribution is 0.0875. The second-order valence-corrected chi connectivity index (χ2v) is 6.54. The van der Waals surface area contributed by atoms with Crippen LogP contribution in [-0.2, 0) is 0 Å². The van der Waals surface area contributed by atoms with Crippen molar-refractivity contribution in [2.24, 2.45) is 0 Å². The number of fused-ring (bicyclic) bond motifs is 1. The van der Waals surface area contributed by atoms with E-state index in [0.29, 0.717) is 6.54 Å². The summed E-state index contributed by atoms with van der Waals surface area (Å²) in [6.07, 6.45) is 0. The van der Waals surface area contributed by atoms with Crippen molar-refractivity contribution in [1.82, 2.24) is 9.97 Å². The van der Waals surface area contributed by atoms with Crippen LogP contribution in [0.4, 0.5) is 11.8 Å². The molecular weight excluding hydrogens is 260 g/mol. The molecule has 0 aliphatic carbocycles. The first-order chi connectivity index (χ1) is 8.80. The van der Waals surface area contributed by atoms with Gasteiger partial charge in [-0.05, 0) is 33.8 Å². The van der Waals surface area contributed by atoms with Crippen molar-refractivity contribution in [3.63, 3.8) is 0 Å². The Hall–Kier alpha value is -1.40. The second-order valence-electron chi connectivity index (χ2n) is 5.31. The molecule has 0 atom stereocenters. The van der Waals surface area contributed by atoms with Crippen LogP contribution in [0.15, 0.2) is 6.07 Å². The summed E-state index contributed by atoms with van der Waals surface area (Å²) in [4.78, 5) is 12.7. The van der Waals surface area contributed by atoms with Crippen LogP contribution in [0.25, 0.3) is 10.2 Å². The van der Waals surface area contributed by atoms with E-state index in [9.17, 15) is 5.11 Å². The number of aromatic nitrogens is 2. The average molecular weight is 280 g/mol. The molecule has 2 aromatic heterocycles. The Morgan fingerprint density at radius 3 is 2.68 bits per heavy atom. The molecule has 0 aromatic carbocycles. The number of nitrogens with two attached hydrogens (primary N) is 1. The number of hydrogen-bond donors (Lipinski definition) is 2. The molecule has 0 fully saturated rings. The molecule has 3 N–H and O–H groups in total. The molecule has 5 nitrogen and oxygen atoms in total.